The fourth-order valence-corrected chi connectivity index (χ4v) is 1.52. The third-order valence-electron chi connectivity index (χ3n) is 1.90. The Morgan fingerprint density at radius 1 is 1.36 bits per heavy atom. The van der Waals surface area contributed by atoms with Crippen LogP contribution in [-0.4, -0.2) is 26.4 Å². The standard InChI is InChI=1S/C8H10BrN5/c9-6-3-4-8-12-11-7(2-1-5-10)14(8)13-6/h3-4H,1-2,5,10H2. The molecule has 74 valence electrons. The zero-order valence-electron chi connectivity index (χ0n) is 7.52. The van der Waals surface area contributed by atoms with Gasteiger partial charge in [0, 0.05) is 6.42 Å². The second-order valence-electron chi connectivity index (χ2n) is 2.93. The molecule has 0 aliphatic heterocycles. The molecule has 0 radical (unpaired) electrons. The molecule has 0 fully saturated rings. The SMILES string of the molecule is NCCCc1nnc2ccc(Br)nn12. The van der Waals surface area contributed by atoms with Gasteiger partial charge in [-0.05, 0) is 41.0 Å². The highest BCUT2D eigenvalue weighted by molar-refractivity contribution is 9.10. The van der Waals surface area contributed by atoms with Crippen molar-refractivity contribution >= 4 is 21.6 Å². The third kappa shape index (κ3) is 1.76. The van der Waals surface area contributed by atoms with E-state index in [1.807, 2.05) is 12.1 Å². The van der Waals surface area contributed by atoms with E-state index in [0.29, 0.717) is 6.54 Å². The number of aryl methyl sites for hydroxylation is 1. The molecule has 2 heterocycles. The first-order valence-electron chi connectivity index (χ1n) is 4.38. The van der Waals surface area contributed by atoms with Gasteiger partial charge in [0.25, 0.3) is 0 Å². The van der Waals surface area contributed by atoms with Crippen molar-refractivity contribution in [1.29, 1.82) is 0 Å². The lowest BCUT2D eigenvalue weighted by atomic mass is 10.3. The lowest BCUT2D eigenvalue weighted by molar-refractivity contribution is 0.736. The topological polar surface area (TPSA) is 69.1 Å². The van der Waals surface area contributed by atoms with Gasteiger partial charge in [-0.1, -0.05) is 0 Å². The van der Waals surface area contributed by atoms with Crippen molar-refractivity contribution in [2.75, 3.05) is 6.54 Å². The number of nitrogens with zero attached hydrogens (tertiary/aromatic N) is 4. The van der Waals surface area contributed by atoms with Crippen LogP contribution in [0.1, 0.15) is 12.2 Å². The van der Waals surface area contributed by atoms with Gasteiger partial charge in [0.1, 0.15) is 4.60 Å². The molecule has 0 aliphatic rings. The van der Waals surface area contributed by atoms with Crippen LogP contribution in [0.25, 0.3) is 5.65 Å². The van der Waals surface area contributed by atoms with E-state index < -0.39 is 0 Å². The Kier molecular flexibility index (Phi) is 2.74. The highest BCUT2D eigenvalue weighted by atomic mass is 79.9. The largest absolute Gasteiger partial charge is 0.330 e. The van der Waals surface area contributed by atoms with Gasteiger partial charge in [-0.15, -0.1) is 10.2 Å². The molecule has 5 nitrogen and oxygen atoms in total. The average molecular weight is 256 g/mol. The molecule has 0 saturated heterocycles. The maximum Gasteiger partial charge on any atom is 0.177 e. The molecule has 0 spiro atoms. The summed E-state index contributed by atoms with van der Waals surface area (Å²) in [5.41, 5.74) is 6.20. The number of hydrogen-bond acceptors (Lipinski definition) is 4. The van der Waals surface area contributed by atoms with Crippen LogP contribution >= 0.6 is 15.9 Å². The summed E-state index contributed by atoms with van der Waals surface area (Å²) >= 11 is 3.31. The van der Waals surface area contributed by atoms with Crippen LogP contribution in [0.3, 0.4) is 0 Å². The van der Waals surface area contributed by atoms with Crippen molar-refractivity contribution in [3.05, 3.63) is 22.6 Å². The van der Waals surface area contributed by atoms with E-state index in [1.54, 1.807) is 4.52 Å². The number of nitrogens with two attached hydrogens (primary N) is 1. The first kappa shape index (κ1) is 9.54. The number of hydrogen-bond donors (Lipinski definition) is 1. The van der Waals surface area contributed by atoms with E-state index in [-0.39, 0.29) is 0 Å². The number of aromatic nitrogens is 4. The molecule has 0 atom stereocenters. The van der Waals surface area contributed by atoms with Crippen molar-refractivity contribution in [2.45, 2.75) is 12.8 Å². The first-order valence-corrected chi connectivity index (χ1v) is 5.17. The van der Waals surface area contributed by atoms with E-state index in [9.17, 15) is 0 Å². The molecule has 0 saturated carbocycles. The Hall–Kier alpha value is -1.01. The molecule has 14 heavy (non-hydrogen) atoms. The Balaban J connectivity index is 2.40. The molecule has 0 aliphatic carbocycles. The quantitative estimate of drug-likeness (QED) is 0.880. The Morgan fingerprint density at radius 2 is 2.21 bits per heavy atom. The summed E-state index contributed by atoms with van der Waals surface area (Å²) in [5, 5.41) is 12.3. The third-order valence-corrected chi connectivity index (χ3v) is 2.32. The van der Waals surface area contributed by atoms with Gasteiger partial charge in [0.05, 0.1) is 0 Å². The van der Waals surface area contributed by atoms with Crippen molar-refractivity contribution in [3.63, 3.8) is 0 Å². The molecule has 2 aromatic rings. The number of halogens is 1. The normalized spacial score (nSPS) is 11.0. The zero-order valence-corrected chi connectivity index (χ0v) is 9.11. The van der Waals surface area contributed by atoms with E-state index >= 15 is 0 Å². The van der Waals surface area contributed by atoms with E-state index in [4.69, 9.17) is 5.73 Å². The highest BCUT2D eigenvalue weighted by Crippen LogP contribution is 2.08. The van der Waals surface area contributed by atoms with Crippen molar-refractivity contribution in [3.8, 4) is 0 Å². The molecule has 0 bridgehead atoms. The minimum absolute atomic E-state index is 0.656. The van der Waals surface area contributed by atoms with Gasteiger partial charge in [0.2, 0.25) is 0 Å². The Bertz CT molecular complexity index is 438. The molecular formula is C8H10BrN5. The number of rotatable bonds is 3. The molecule has 2 rings (SSSR count). The first-order chi connectivity index (χ1) is 6.81. The van der Waals surface area contributed by atoms with Crippen LogP contribution in [-0.2, 0) is 6.42 Å². The second kappa shape index (κ2) is 4.02. The van der Waals surface area contributed by atoms with Crippen LogP contribution in [0.15, 0.2) is 16.7 Å². The lowest BCUT2D eigenvalue weighted by Gasteiger charge is -1.97. The predicted octanol–water partition coefficient (Wildman–Crippen LogP) is 0.778. The van der Waals surface area contributed by atoms with Gasteiger partial charge < -0.3 is 5.73 Å². The Morgan fingerprint density at radius 3 is 3.00 bits per heavy atom. The van der Waals surface area contributed by atoms with Gasteiger partial charge in [-0.3, -0.25) is 0 Å². The molecule has 2 aromatic heterocycles. The van der Waals surface area contributed by atoms with E-state index in [2.05, 4.69) is 31.2 Å². The van der Waals surface area contributed by atoms with Gasteiger partial charge in [-0.2, -0.15) is 9.61 Å². The molecule has 6 heteroatoms. The summed E-state index contributed by atoms with van der Waals surface area (Å²) in [6.45, 7) is 0.656. The lowest BCUT2D eigenvalue weighted by Crippen LogP contribution is -2.04. The van der Waals surface area contributed by atoms with Crippen LogP contribution in [0, 0.1) is 0 Å². The Labute approximate surface area is 89.4 Å². The zero-order chi connectivity index (χ0) is 9.97. The molecule has 0 unspecified atom stereocenters. The fraction of sp³-hybridized carbons (Fsp3) is 0.375. The predicted molar refractivity (Wildman–Crippen MR) is 55.9 cm³/mol. The van der Waals surface area contributed by atoms with Gasteiger partial charge in [0.15, 0.2) is 11.5 Å². The smallest absolute Gasteiger partial charge is 0.177 e. The second-order valence-corrected chi connectivity index (χ2v) is 3.75. The minimum atomic E-state index is 0.656. The van der Waals surface area contributed by atoms with E-state index in [0.717, 1.165) is 28.9 Å². The van der Waals surface area contributed by atoms with Gasteiger partial charge >= 0.3 is 0 Å². The summed E-state index contributed by atoms with van der Waals surface area (Å²) in [7, 11) is 0. The summed E-state index contributed by atoms with van der Waals surface area (Å²) < 4.78 is 2.51. The van der Waals surface area contributed by atoms with E-state index in [1.165, 1.54) is 0 Å². The summed E-state index contributed by atoms with van der Waals surface area (Å²) in [6, 6.07) is 3.72. The fourth-order valence-electron chi connectivity index (χ4n) is 1.23. The van der Waals surface area contributed by atoms with Crippen molar-refractivity contribution in [2.24, 2.45) is 5.73 Å². The summed E-state index contributed by atoms with van der Waals surface area (Å²) in [4.78, 5) is 0. The van der Waals surface area contributed by atoms with Crippen molar-refractivity contribution in [1.82, 2.24) is 19.8 Å². The summed E-state index contributed by atoms with van der Waals surface area (Å²) in [5.74, 6) is 0.853. The van der Waals surface area contributed by atoms with Crippen LogP contribution in [0.2, 0.25) is 0 Å². The molecule has 0 aromatic carbocycles. The van der Waals surface area contributed by atoms with Crippen LogP contribution in [0.5, 0.6) is 0 Å². The van der Waals surface area contributed by atoms with Crippen molar-refractivity contribution < 1.29 is 0 Å². The maximum absolute atomic E-state index is 5.43. The average Bonchev–Trinajstić information content (AvgIpc) is 2.57. The molecule has 0 amide bonds. The number of fused-ring (bicyclic) bond motifs is 1. The molecular weight excluding hydrogens is 246 g/mol. The maximum atomic E-state index is 5.43. The summed E-state index contributed by atoms with van der Waals surface area (Å²) in [6.07, 6.45) is 1.70. The minimum Gasteiger partial charge on any atom is -0.330 e. The van der Waals surface area contributed by atoms with Gasteiger partial charge in [-0.25, -0.2) is 0 Å². The monoisotopic (exact) mass is 255 g/mol. The highest BCUT2D eigenvalue weighted by Gasteiger charge is 2.05. The molecule has 2 N–H and O–H groups in total. The van der Waals surface area contributed by atoms with Crippen LogP contribution < -0.4 is 5.73 Å². The van der Waals surface area contributed by atoms with Crippen LogP contribution in [0.4, 0.5) is 0 Å².